The van der Waals surface area contributed by atoms with Gasteiger partial charge in [-0.05, 0) is 38.0 Å². The molecule has 0 unspecified atom stereocenters. The fourth-order valence-electron chi connectivity index (χ4n) is 2.61. The Morgan fingerprint density at radius 2 is 2.00 bits per heavy atom. The Morgan fingerprint density at radius 3 is 2.69 bits per heavy atom. The van der Waals surface area contributed by atoms with Crippen LogP contribution in [-0.2, 0) is 16.1 Å². The molecule has 1 heterocycles. The van der Waals surface area contributed by atoms with Crippen LogP contribution in [0.25, 0.3) is 5.69 Å². The van der Waals surface area contributed by atoms with Crippen molar-refractivity contribution in [2.24, 2.45) is 0 Å². The van der Waals surface area contributed by atoms with Crippen LogP contribution in [0.1, 0.15) is 41.0 Å². The van der Waals surface area contributed by atoms with E-state index >= 15 is 0 Å². The van der Waals surface area contributed by atoms with Crippen molar-refractivity contribution in [2.75, 3.05) is 19.7 Å². The molecule has 1 aromatic carbocycles. The molecule has 0 spiro atoms. The van der Waals surface area contributed by atoms with Gasteiger partial charge >= 0.3 is 5.97 Å². The van der Waals surface area contributed by atoms with Crippen molar-refractivity contribution in [2.45, 2.75) is 34.2 Å². The number of carbonyl (C=O) groups is 2. The lowest BCUT2D eigenvalue weighted by molar-refractivity contribution is -0.118. The van der Waals surface area contributed by atoms with Crippen molar-refractivity contribution >= 4 is 11.9 Å². The fourth-order valence-corrected chi connectivity index (χ4v) is 2.61. The van der Waals surface area contributed by atoms with Gasteiger partial charge in [0.2, 0.25) is 5.91 Å². The minimum atomic E-state index is -0.386. The zero-order chi connectivity index (χ0) is 19.1. The Kier molecular flexibility index (Phi) is 6.91. The highest BCUT2D eigenvalue weighted by molar-refractivity contribution is 5.90. The Labute approximate surface area is 153 Å². The van der Waals surface area contributed by atoms with Crippen molar-refractivity contribution in [3.8, 4) is 5.69 Å². The summed E-state index contributed by atoms with van der Waals surface area (Å²) in [6.07, 6.45) is 1.55. The van der Waals surface area contributed by atoms with Gasteiger partial charge in [0.05, 0.1) is 24.2 Å². The van der Waals surface area contributed by atoms with Gasteiger partial charge in [-0.25, -0.2) is 9.48 Å². The van der Waals surface area contributed by atoms with Gasteiger partial charge in [0.25, 0.3) is 0 Å². The van der Waals surface area contributed by atoms with Crippen LogP contribution in [0.5, 0.6) is 0 Å². The van der Waals surface area contributed by atoms with Crippen LogP contribution < -0.4 is 10.6 Å². The van der Waals surface area contributed by atoms with Crippen molar-refractivity contribution < 1.29 is 14.3 Å². The van der Waals surface area contributed by atoms with Gasteiger partial charge in [0.15, 0.2) is 0 Å². The van der Waals surface area contributed by atoms with Crippen LogP contribution in [0.3, 0.4) is 0 Å². The maximum absolute atomic E-state index is 12.3. The van der Waals surface area contributed by atoms with Crippen LogP contribution in [-0.4, -0.2) is 41.4 Å². The molecule has 0 saturated heterocycles. The quantitative estimate of drug-likeness (QED) is 0.556. The van der Waals surface area contributed by atoms with Gasteiger partial charge in [-0.3, -0.25) is 4.79 Å². The second kappa shape index (κ2) is 9.15. The summed E-state index contributed by atoms with van der Waals surface area (Å²) in [5, 5.41) is 10.4. The normalized spacial score (nSPS) is 10.6. The van der Waals surface area contributed by atoms with Crippen molar-refractivity contribution in [1.82, 2.24) is 20.4 Å². The van der Waals surface area contributed by atoms with E-state index in [2.05, 4.69) is 15.7 Å². The van der Waals surface area contributed by atoms with Crippen LogP contribution in [0.15, 0.2) is 24.4 Å². The molecule has 0 saturated carbocycles. The summed E-state index contributed by atoms with van der Waals surface area (Å²) < 4.78 is 6.93. The van der Waals surface area contributed by atoms with E-state index in [1.54, 1.807) is 17.8 Å². The molecule has 7 heteroatoms. The number of nitrogens with one attached hydrogen (secondary N) is 2. The van der Waals surface area contributed by atoms with E-state index in [9.17, 15) is 9.59 Å². The number of amides is 1. The molecule has 0 bridgehead atoms. The van der Waals surface area contributed by atoms with Gasteiger partial charge in [-0.2, -0.15) is 5.10 Å². The number of hydrogen-bond donors (Lipinski definition) is 2. The molecule has 0 fully saturated rings. The largest absolute Gasteiger partial charge is 0.462 e. The van der Waals surface area contributed by atoms with Gasteiger partial charge in [0, 0.05) is 26.6 Å². The number of hydrogen-bond acceptors (Lipinski definition) is 5. The molecule has 1 amide bonds. The molecular weight excluding hydrogens is 332 g/mol. The third-order valence-electron chi connectivity index (χ3n) is 3.93. The molecule has 26 heavy (non-hydrogen) atoms. The molecule has 0 radical (unpaired) electrons. The van der Waals surface area contributed by atoms with E-state index in [0.717, 1.165) is 22.5 Å². The molecule has 1 aromatic heterocycles. The van der Waals surface area contributed by atoms with Crippen molar-refractivity contribution in [3.05, 3.63) is 46.8 Å². The first-order chi connectivity index (χ1) is 12.4. The van der Waals surface area contributed by atoms with Gasteiger partial charge in [-0.15, -0.1) is 0 Å². The minimum absolute atomic E-state index is 0.0700. The third kappa shape index (κ3) is 4.92. The first-order valence-corrected chi connectivity index (χ1v) is 8.70. The summed E-state index contributed by atoms with van der Waals surface area (Å²) in [6, 6.07) is 6.11. The second-order valence-electron chi connectivity index (χ2n) is 6.09. The maximum atomic E-state index is 12.3. The number of esters is 1. The second-order valence-corrected chi connectivity index (χ2v) is 6.09. The standard InChI is InChI=1S/C19H26N4O3/c1-5-26-19(25)16-11-22-23(17-10-13(2)6-7-14(17)3)18(16)12-20-8-9-21-15(4)24/h6-7,10-11,20H,5,8-9,12H2,1-4H3,(H,21,24). The Hall–Kier alpha value is -2.67. The summed E-state index contributed by atoms with van der Waals surface area (Å²) in [6.45, 7) is 9.12. The average Bonchev–Trinajstić information content (AvgIpc) is 3.00. The van der Waals surface area contributed by atoms with E-state index in [0.29, 0.717) is 31.8 Å². The van der Waals surface area contributed by atoms with Gasteiger partial charge < -0.3 is 15.4 Å². The predicted molar refractivity (Wildman–Crippen MR) is 99.4 cm³/mol. The number of aromatic nitrogens is 2. The molecule has 140 valence electrons. The van der Waals surface area contributed by atoms with E-state index in [1.807, 2.05) is 32.0 Å². The van der Waals surface area contributed by atoms with Crippen LogP contribution >= 0.6 is 0 Å². The number of aryl methyl sites for hydroxylation is 2. The lowest BCUT2D eigenvalue weighted by Gasteiger charge is -2.13. The van der Waals surface area contributed by atoms with Gasteiger partial charge in [0.1, 0.15) is 5.56 Å². The average molecular weight is 358 g/mol. The SMILES string of the molecule is CCOC(=O)c1cnn(-c2cc(C)ccc2C)c1CNCCNC(C)=O. The summed E-state index contributed by atoms with van der Waals surface area (Å²) >= 11 is 0. The smallest absolute Gasteiger partial charge is 0.341 e. The molecule has 0 atom stereocenters. The number of nitrogens with zero attached hydrogens (tertiary/aromatic N) is 2. The molecule has 2 N–H and O–H groups in total. The molecule has 0 aliphatic rings. The van der Waals surface area contributed by atoms with Crippen LogP contribution in [0.2, 0.25) is 0 Å². The molecule has 2 rings (SSSR count). The first-order valence-electron chi connectivity index (χ1n) is 8.70. The molecule has 0 aliphatic carbocycles. The lowest BCUT2D eigenvalue weighted by atomic mass is 10.1. The van der Waals surface area contributed by atoms with Crippen molar-refractivity contribution in [1.29, 1.82) is 0 Å². The highest BCUT2D eigenvalue weighted by Gasteiger charge is 2.20. The summed E-state index contributed by atoms with van der Waals surface area (Å²) in [4.78, 5) is 23.2. The van der Waals surface area contributed by atoms with Crippen LogP contribution in [0.4, 0.5) is 0 Å². The summed E-state index contributed by atoms with van der Waals surface area (Å²) in [7, 11) is 0. The predicted octanol–water partition coefficient (Wildman–Crippen LogP) is 1.89. The number of benzene rings is 1. The van der Waals surface area contributed by atoms with E-state index in [1.165, 1.54) is 6.92 Å². The zero-order valence-electron chi connectivity index (χ0n) is 15.8. The molecule has 7 nitrogen and oxygen atoms in total. The lowest BCUT2D eigenvalue weighted by Crippen LogP contribution is -2.30. The zero-order valence-corrected chi connectivity index (χ0v) is 15.8. The topological polar surface area (TPSA) is 85.2 Å². The van der Waals surface area contributed by atoms with Crippen molar-refractivity contribution in [3.63, 3.8) is 0 Å². The fraction of sp³-hybridized carbons (Fsp3) is 0.421. The van der Waals surface area contributed by atoms with E-state index < -0.39 is 0 Å². The Morgan fingerprint density at radius 1 is 1.23 bits per heavy atom. The number of carbonyl (C=O) groups excluding carboxylic acids is 2. The Bertz CT molecular complexity index is 783. The van der Waals surface area contributed by atoms with E-state index in [4.69, 9.17) is 4.74 Å². The highest BCUT2D eigenvalue weighted by atomic mass is 16.5. The summed E-state index contributed by atoms with van der Waals surface area (Å²) in [5.74, 6) is -0.456. The number of rotatable bonds is 8. The Balaban J connectivity index is 2.28. The molecule has 0 aliphatic heterocycles. The highest BCUT2D eigenvalue weighted by Crippen LogP contribution is 2.20. The minimum Gasteiger partial charge on any atom is -0.462 e. The molecular formula is C19H26N4O3. The third-order valence-corrected chi connectivity index (χ3v) is 3.93. The molecule has 2 aromatic rings. The maximum Gasteiger partial charge on any atom is 0.341 e. The number of ether oxygens (including phenoxy) is 1. The van der Waals surface area contributed by atoms with Crippen LogP contribution in [0, 0.1) is 13.8 Å². The summed E-state index contributed by atoms with van der Waals surface area (Å²) in [5.41, 5.74) is 4.29. The monoisotopic (exact) mass is 358 g/mol. The van der Waals surface area contributed by atoms with E-state index in [-0.39, 0.29) is 11.9 Å². The first kappa shape index (κ1) is 19.7. The van der Waals surface area contributed by atoms with Gasteiger partial charge in [-0.1, -0.05) is 12.1 Å².